The van der Waals surface area contributed by atoms with E-state index in [0.717, 1.165) is 0 Å². The third-order valence-electron chi connectivity index (χ3n) is 1.52. The summed E-state index contributed by atoms with van der Waals surface area (Å²) in [4.78, 5) is 22.1. The number of hydrogen-bond acceptors (Lipinski definition) is 2. The number of carbonyl (C=O) groups excluding carboxylic acids is 2. The SMILES string of the molecule is CCC(Br)C(=O)NCC(=O)NC(C)C. The number of alkyl halides is 1. The number of nitrogens with one attached hydrogen (secondary N) is 2. The molecule has 82 valence electrons. The maximum Gasteiger partial charge on any atom is 0.239 e. The first kappa shape index (κ1) is 13.4. The maximum absolute atomic E-state index is 11.2. The molecule has 0 rings (SSSR count). The van der Waals surface area contributed by atoms with Gasteiger partial charge in [-0.2, -0.15) is 0 Å². The van der Waals surface area contributed by atoms with E-state index >= 15 is 0 Å². The van der Waals surface area contributed by atoms with Crippen molar-refractivity contribution in [3.63, 3.8) is 0 Å². The van der Waals surface area contributed by atoms with Crippen LogP contribution in [0.4, 0.5) is 0 Å². The molecule has 0 aromatic heterocycles. The lowest BCUT2D eigenvalue weighted by Gasteiger charge is -2.10. The molecule has 2 N–H and O–H groups in total. The van der Waals surface area contributed by atoms with Crippen LogP contribution in [0.3, 0.4) is 0 Å². The van der Waals surface area contributed by atoms with Gasteiger partial charge in [0.15, 0.2) is 0 Å². The molecule has 1 atom stereocenters. The van der Waals surface area contributed by atoms with Crippen molar-refractivity contribution in [2.24, 2.45) is 0 Å². The number of amides is 2. The lowest BCUT2D eigenvalue weighted by atomic mass is 10.3. The minimum absolute atomic E-state index is 0.0408. The smallest absolute Gasteiger partial charge is 0.239 e. The van der Waals surface area contributed by atoms with Crippen molar-refractivity contribution in [2.75, 3.05) is 6.54 Å². The van der Waals surface area contributed by atoms with Crippen molar-refractivity contribution >= 4 is 27.7 Å². The quantitative estimate of drug-likeness (QED) is 0.722. The first-order valence-corrected chi connectivity index (χ1v) is 5.60. The zero-order valence-electron chi connectivity index (χ0n) is 8.76. The van der Waals surface area contributed by atoms with Crippen molar-refractivity contribution < 1.29 is 9.59 Å². The minimum Gasteiger partial charge on any atom is -0.352 e. The Balaban J connectivity index is 3.72. The van der Waals surface area contributed by atoms with Crippen LogP contribution in [0.2, 0.25) is 0 Å². The van der Waals surface area contributed by atoms with E-state index in [0.29, 0.717) is 6.42 Å². The average molecular weight is 265 g/mol. The Morgan fingerprint density at radius 2 is 1.93 bits per heavy atom. The zero-order chi connectivity index (χ0) is 11.1. The van der Waals surface area contributed by atoms with E-state index in [-0.39, 0.29) is 29.2 Å². The van der Waals surface area contributed by atoms with Crippen LogP contribution >= 0.6 is 15.9 Å². The molecule has 0 saturated carbocycles. The zero-order valence-corrected chi connectivity index (χ0v) is 10.3. The molecule has 0 aliphatic rings. The second kappa shape index (κ2) is 6.81. The molecular formula is C9H17BrN2O2. The van der Waals surface area contributed by atoms with E-state index in [1.54, 1.807) is 0 Å². The first-order chi connectivity index (χ1) is 6.47. The molecule has 0 aromatic rings. The van der Waals surface area contributed by atoms with Gasteiger partial charge in [-0.1, -0.05) is 22.9 Å². The van der Waals surface area contributed by atoms with Gasteiger partial charge >= 0.3 is 0 Å². The van der Waals surface area contributed by atoms with E-state index < -0.39 is 0 Å². The summed E-state index contributed by atoms with van der Waals surface area (Å²) in [6, 6.07) is 0.102. The Bertz CT molecular complexity index is 207. The van der Waals surface area contributed by atoms with Crippen LogP contribution in [-0.2, 0) is 9.59 Å². The van der Waals surface area contributed by atoms with Crippen LogP contribution in [0, 0.1) is 0 Å². The third kappa shape index (κ3) is 5.96. The Morgan fingerprint density at radius 1 is 1.36 bits per heavy atom. The fraction of sp³-hybridized carbons (Fsp3) is 0.778. The lowest BCUT2D eigenvalue weighted by molar-refractivity contribution is -0.126. The second-order valence-electron chi connectivity index (χ2n) is 3.32. The molecule has 0 fully saturated rings. The van der Waals surface area contributed by atoms with Gasteiger partial charge in [0.1, 0.15) is 0 Å². The van der Waals surface area contributed by atoms with Gasteiger partial charge in [0, 0.05) is 6.04 Å². The van der Waals surface area contributed by atoms with Gasteiger partial charge in [0.05, 0.1) is 11.4 Å². The molecule has 14 heavy (non-hydrogen) atoms. The molecule has 0 aliphatic carbocycles. The highest BCUT2D eigenvalue weighted by atomic mass is 79.9. The highest BCUT2D eigenvalue weighted by Gasteiger charge is 2.13. The topological polar surface area (TPSA) is 58.2 Å². The average Bonchev–Trinajstić information content (AvgIpc) is 2.11. The van der Waals surface area contributed by atoms with Crippen molar-refractivity contribution in [2.45, 2.75) is 38.1 Å². The molecule has 0 saturated heterocycles. The molecule has 2 amide bonds. The van der Waals surface area contributed by atoms with Crippen molar-refractivity contribution in [3.8, 4) is 0 Å². The Labute approximate surface area is 92.9 Å². The van der Waals surface area contributed by atoms with Crippen LogP contribution < -0.4 is 10.6 Å². The normalized spacial score (nSPS) is 12.4. The van der Waals surface area contributed by atoms with Crippen LogP contribution in [-0.4, -0.2) is 29.2 Å². The van der Waals surface area contributed by atoms with E-state index in [9.17, 15) is 9.59 Å². The summed E-state index contributed by atoms with van der Waals surface area (Å²) < 4.78 is 0. The number of halogens is 1. The summed E-state index contributed by atoms with van der Waals surface area (Å²) in [7, 11) is 0. The van der Waals surface area contributed by atoms with Crippen LogP contribution in [0.5, 0.6) is 0 Å². The molecule has 0 spiro atoms. The molecule has 0 heterocycles. The summed E-state index contributed by atoms with van der Waals surface area (Å²) in [5.74, 6) is -0.310. The Kier molecular flexibility index (Phi) is 6.53. The monoisotopic (exact) mass is 264 g/mol. The fourth-order valence-corrected chi connectivity index (χ4v) is 0.998. The molecular weight excluding hydrogens is 248 g/mol. The molecule has 0 radical (unpaired) electrons. The van der Waals surface area contributed by atoms with Crippen LogP contribution in [0.1, 0.15) is 27.2 Å². The van der Waals surface area contributed by atoms with Gasteiger partial charge in [-0.15, -0.1) is 0 Å². The molecule has 4 nitrogen and oxygen atoms in total. The lowest BCUT2D eigenvalue weighted by Crippen LogP contribution is -2.41. The first-order valence-electron chi connectivity index (χ1n) is 4.68. The Morgan fingerprint density at radius 3 is 2.36 bits per heavy atom. The summed E-state index contributed by atoms with van der Waals surface area (Å²) >= 11 is 3.20. The van der Waals surface area contributed by atoms with E-state index in [1.807, 2.05) is 20.8 Å². The van der Waals surface area contributed by atoms with Crippen LogP contribution in [0.25, 0.3) is 0 Å². The number of rotatable bonds is 5. The molecule has 0 aromatic carbocycles. The maximum atomic E-state index is 11.2. The van der Waals surface area contributed by atoms with Crippen LogP contribution in [0.15, 0.2) is 0 Å². The van der Waals surface area contributed by atoms with Crippen molar-refractivity contribution in [1.29, 1.82) is 0 Å². The molecule has 0 bridgehead atoms. The predicted molar refractivity (Wildman–Crippen MR) is 59.3 cm³/mol. The standard InChI is InChI=1S/C9H17BrN2O2/c1-4-7(10)9(14)11-5-8(13)12-6(2)3/h6-7H,4-5H2,1-3H3,(H,11,14)(H,12,13). The van der Waals surface area contributed by atoms with E-state index in [1.165, 1.54) is 0 Å². The van der Waals surface area contributed by atoms with E-state index in [2.05, 4.69) is 26.6 Å². The minimum atomic E-state index is -0.214. The number of carbonyl (C=O) groups is 2. The van der Waals surface area contributed by atoms with Gasteiger partial charge in [-0.25, -0.2) is 0 Å². The third-order valence-corrected chi connectivity index (χ3v) is 2.58. The Hall–Kier alpha value is -0.580. The largest absolute Gasteiger partial charge is 0.352 e. The molecule has 0 aliphatic heterocycles. The van der Waals surface area contributed by atoms with Crippen molar-refractivity contribution in [3.05, 3.63) is 0 Å². The van der Waals surface area contributed by atoms with Gasteiger partial charge in [-0.05, 0) is 20.3 Å². The van der Waals surface area contributed by atoms with Gasteiger partial charge < -0.3 is 10.6 Å². The highest BCUT2D eigenvalue weighted by molar-refractivity contribution is 9.10. The van der Waals surface area contributed by atoms with E-state index in [4.69, 9.17) is 0 Å². The van der Waals surface area contributed by atoms with Gasteiger partial charge in [0.2, 0.25) is 11.8 Å². The fourth-order valence-electron chi connectivity index (χ4n) is 0.837. The summed E-state index contributed by atoms with van der Waals surface area (Å²) in [5, 5.41) is 5.23. The highest BCUT2D eigenvalue weighted by Crippen LogP contribution is 2.02. The van der Waals surface area contributed by atoms with Gasteiger partial charge in [0.25, 0.3) is 0 Å². The summed E-state index contributed by atoms with van der Waals surface area (Å²) in [6.07, 6.45) is 0.706. The summed E-state index contributed by atoms with van der Waals surface area (Å²) in [5.41, 5.74) is 0. The number of hydrogen-bond donors (Lipinski definition) is 2. The molecule has 5 heteroatoms. The van der Waals surface area contributed by atoms with Gasteiger partial charge in [-0.3, -0.25) is 9.59 Å². The predicted octanol–water partition coefficient (Wildman–Crippen LogP) is 0.801. The molecule has 1 unspecified atom stereocenters. The summed E-state index contributed by atoms with van der Waals surface area (Å²) in [6.45, 7) is 5.68. The van der Waals surface area contributed by atoms with Crippen molar-refractivity contribution in [1.82, 2.24) is 10.6 Å². The second-order valence-corrected chi connectivity index (χ2v) is 4.42.